The zero-order chi connectivity index (χ0) is 26.3. The van der Waals surface area contributed by atoms with E-state index in [1.807, 2.05) is 13.8 Å². The predicted molar refractivity (Wildman–Crippen MR) is 139 cm³/mol. The smallest absolute Gasteiger partial charge is 0.244 e. The standard InChI is InChI=1S/C25H32ClN3O6S/c1-4-6-13-27-25(31)21(5-2)28(15-18-7-9-19(26)10-8-18)24(30)16-29(36(3,32)33)20-11-12-22-23(14-20)35-17-34-22/h7-12,14,21H,4-6,13,15-17H2,1-3H3,(H,27,31). The minimum atomic E-state index is -3.84. The Labute approximate surface area is 217 Å². The number of anilines is 1. The van der Waals surface area contributed by atoms with E-state index in [0.717, 1.165) is 29.0 Å². The summed E-state index contributed by atoms with van der Waals surface area (Å²) in [6.45, 7) is 4.02. The molecule has 1 heterocycles. The van der Waals surface area contributed by atoms with Crippen LogP contribution in [-0.2, 0) is 26.2 Å². The lowest BCUT2D eigenvalue weighted by molar-refractivity contribution is -0.140. The third kappa shape index (κ3) is 7.04. The Morgan fingerprint density at radius 2 is 1.78 bits per heavy atom. The van der Waals surface area contributed by atoms with Crippen molar-refractivity contribution < 1.29 is 27.5 Å². The highest BCUT2D eigenvalue weighted by atomic mass is 35.5. The summed E-state index contributed by atoms with van der Waals surface area (Å²) in [7, 11) is -3.84. The largest absolute Gasteiger partial charge is 0.454 e. The van der Waals surface area contributed by atoms with Gasteiger partial charge in [-0.1, -0.05) is 44.0 Å². The van der Waals surface area contributed by atoms with E-state index in [0.29, 0.717) is 29.5 Å². The first-order valence-corrected chi connectivity index (χ1v) is 14.1. The molecule has 0 saturated heterocycles. The summed E-state index contributed by atoms with van der Waals surface area (Å²) >= 11 is 6.01. The van der Waals surface area contributed by atoms with Gasteiger partial charge in [0, 0.05) is 24.2 Å². The second-order valence-corrected chi connectivity index (χ2v) is 10.9. The topological polar surface area (TPSA) is 105 Å². The van der Waals surface area contributed by atoms with Gasteiger partial charge in [0.25, 0.3) is 0 Å². The highest BCUT2D eigenvalue weighted by Crippen LogP contribution is 2.36. The number of hydrogen-bond donors (Lipinski definition) is 1. The first kappa shape index (κ1) is 27.6. The van der Waals surface area contributed by atoms with Crippen molar-refractivity contribution in [2.75, 3.05) is 30.4 Å². The van der Waals surface area contributed by atoms with E-state index >= 15 is 0 Å². The maximum Gasteiger partial charge on any atom is 0.244 e. The van der Waals surface area contributed by atoms with Crippen molar-refractivity contribution in [1.29, 1.82) is 0 Å². The number of fused-ring (bicyclic) bond motifs is 1. The zero-order valence-corrected chi connectivity index (χ0v) is 22.3. The average molecular weight is 538 g/mol. The third-order valence-corrected chi connectivity index (χ3v) is 7.20. The highest BCUT2D eigenvalue weighted by molar-refractivity contribution is 7.92. The fourth-order valence-electron chi connectivity index (χ4n) is 3.87. The van der Waals surface area contributed by atoms with Gasteiger partial charge < -0.3 is 19.7 Å². The highest BCUT2D eigenvalue weighted by Gasteiger charge is 2.32. The van der Waals surface area contributed by atoms with Gasteiger partial charge in [0.1, 0.15) is 12.6 Å². The summed E-state index contributed by atoms with van der Waals surface area (Å²) in [4.78, 5) is 28.1. The molecule has 0 bridgehead atoms. The minimum absolute atomic E-state index is 0.0385. The number of carbonyl (C=O) groups is 2. The molecule has 0 fully saturated rings. The molecule has 1 aliphatic heterocycles. The van der Waals surface area contributed by atoms with Crippen LogP contribution in [0.3, 0.4) is 0 Å². The number of nitrogens with zero attached hydrogens (tertiary/aromatic N) is 2. The van der Waals surface area contributed by atoms with E-state index in [9.17, 15) is 18.0 Å². The zero-order valence-electron chi connectivity index (χ0n) is 20.7. The van der Waals surface area contributed by atoms with E-state index in [1.54, 1.807) is 36.4 Å². The van der Waals surface area contributed by atoms with Crippen LogP contribution in [0.4, 0.5) is 5.69 Å². The first-order chi connectivity index (χ1) is 17.1. The molecule has 0 saturated carbocycles. The first-order valence-electron chi connectivity index (χ1n) is 11.8. The van der Waals surface area contributed by atoms with Crippen LogP contribution in [-0.4, -0.2) is 57.3 Å². The molecule has 0 aliphatic carbocycles. The van der Waals surface area contributed by atoms with Crippen LogP contribution < -0.4 is 19.1 Å². The van der Waals surface area contributed by atoms with Gasteiger partial charge in [-0.05, 0) is 42.7 Å². The number of rotatable bonds is 12. The summed E-state index contributed by atoms with van der Waals surface area (Å²) in [5.41, 5.74) is 1.03. The van der Waals surface area contributed by atoms with Crippen molar-refractivity contribution in [3.8, 4) is 11.5 Å². The Hall–Kier alpha value is -2.98. The monoisotopic (exact) mass is 537 g/mol. The van der Waals surface area contributed by atoms with Gasteiger partial charge in [-0.3, -0.25) is 13.9 Å². The Morgan fingerprint density at radius 1 is 1.08 bits per heavy atom. The lowest BCUT2D eigenvalue weighted by Gasteiger charge is -2.33. The van der Waals surface area contributed by atoms with Crippen LogP contribution in [0.15, 0.2) is 42.5 Å². The van der Waals surface area contributed by atoms with Gasteiger partial charge >= 0.3 is 0 Å². The number of ether oxygens (including phenoxy) is 2. The fourth-order valence-corrected chi connectivity index (χ4v) is 4.83. The van der Waals surface area contributed by atoms with E-state index in [-0.39, 0.29) is 24.9 Å². The van der Waals surface area contributed by atoms with Crippen molar-refractivity contribution in [3.63, 3.8) is 0 Å². The van der Waals surface area contributed by atoms with Crippen molar-refractivity contribution in [2.45, 2.75) is 45.7 Å². The Bertz CT molecular complexity index is 1170. The lowest BCUT2D eigenvalue weighted by atomic mass is 10.1. The number of carbonyl (C=O) groups excluding carboxylic acids is 2. The van der Waals surface area contributed by atoms with Gasteiger partial charge in [-0.2, -0.15) is 0 Å². The van der Waals surface area contributed by atoms with Gasteiger partial charge in [0.05, 0.1) is 11.9 Å². The SMILES string of the molecule is CCCCNC(=O)C(CC)N(Cc1ccc(Cl)cc1)C(=O)CN(c1ccc2c(c1)OCO2)S(C)(=O)=O. The Balaban J connectivity index is 1.91. The Morgan fingerprint density at radius 3 is 2.42 bits per heavy atom. The van der Waals surface area contributed by atoms with Crippen LogP contribution in [0.1, 0.15) is 38.7 Å². The van der Waals surface area contributed by atoms with Crippen molar-refractivity contribution in [3.05, 3.63) is 53.1 Å². The molecule has 0 radical (unpaired) electrons. The van der Waals surface area contributed by atoms with Gasteiger partial charge in [-0.25, -0.2) is 8.42 Å². The molecule has 36 heavy (non-hydrogen) atoms. The third-order valence-electron chi connectivity index (χ3n) is 5.80. The van der Waals surface area contributed by atoms with E-state index < -0.39 is 28.5 Å². The van der Waals surface area contributed by atoms with E-state index in [4.69, 9.17) is 21.1 Å². The maximum atomic E-state index is 13.7. The van der Waals surface area contributed by atoms with Gasteiger partial charge in [0.2, 0.25) is 28.6 Å². The van der Waals surface area contributed by atoms with Crippen molar-refractivity contribution in [2.24, 2.45) is 0 Å². The molecule has 11 heteroatoms. The molecular weight excluding hydrogens is 506 g/mol. The summed E-state index contributed by atoms with van der Waals surface area (Å²) < 4.78 is 37.1. The lowest BCUT2D eigenvalue weighted by Crippen LogP contribution is -2.52. The molecule has 0 spiro atoms. The molecule has 196 valence electrons. The van der Waals surface area contributed by atoms with E-state index in [2.05, 4.69) is 5.32 Å². The maximum absolute atomic E-state index is 13.7. The number of sulfonamides is 1. The van der Waals surface area contributed by atoms with Crippen molar-refractivity contribution >= 4 is 39.1 Å². The summed E-state index contributed by atoms with van der Waals surface area (Å²) in [6, 6.07) is 10.9. The molecule has 3 rings (SSSR count). The quantitative estimate of drug-likeness (QED) is 0.415. The fraction of sp³-hybridized carbons (Fsp3) is 0.440. The van der Waals surface area contributed by atoms with Crippen LogP contribution >= 0.6 is 11.6 Å². The molecule has 9 nitrogen and oxygen atoms in total. The second kappa shape index (κ2) is 12.3. The molecule has 1 atom stereocenters. The number of hydrogen-bond acceptors (Lipinski definition) is 6. The summed E-state index contributed by atoms with van der Waals surface area (Å²) in [5.74, 6) is 0.110. The second-order valence-electron chi connectivity index (χ2n) is 8.52. The molecule has 1 unspecified atom stereocenters. The number of nitrogens with one attached hydrogen (secondary N) is 1. The van der Waals surface area contributed by atoms with Crippen molar-refractivity contribution in [1.82, 2.24) is 10.2 Å². The average Bonchev–Trinajstić information content (AvgIpc) is 3.31. The normalized spacial score (nSPS) is 13.2. The predicted octanol–water partition coefficient (Wildman–Crippen LogP) is 3.56. The number of halogens is 1. The molecule has 2 aromatic rings. The van der Waals surface area contributed by atoms with Crippen LogP contribution in [0.2, 0.25) is 5.02 Å². The molecule has 2 aromatic carbocycles. The number of unbranched alkanes of at least 4 members (excludes halogenated alkanes) is 1. The van der Waals surface area contributed by atoms with Crippen LogP contribution in [0, 0.1) is 0 Å². The van der Waals surface area contributed by atoms with Gasteiger partial charge in [-0.15, -0.1) is 0 Å². The molecule has 1 aliphatic rings. The number of benzene rings is 2. The summed E-state index contributed by atoms with van der Waals surface area (Å²) in [6.07, 6.45) is 3.13. The van der Waals surface area contributed by atoms with Crippen LogP contribution in [0.25, 0.3) is 0 Å². The Kier molecular flexibility index (Phi) is 9.44. The molecule has 2 amide bonds. The van der Waals surface area contributed by atoms with E-state index in [1.165, 1.54) is 11.0 Å². The van der Waals surface area contributed by atoms with Crippen LogP contribution in [0.5, 0.6) is 11.5 Å². The summed E-state index contributed by atoms with van der Waals surface area (Å²) in [5, 5.41) is 3.44. The number of amides is 2. The molecule has 0 aromatic heterocycles. The minimum Gasteiger partial charge on any atom is -0.454 e. The molecular formula is C25H32ClN3O6S. The van der Waals surface area contributed by atoms with Gasteiger partial charge in [0.15, 0.2) is 11.5 Å². The molecule has 1 N–H and O–H groups in total.